The van der Waals surface area contributed by atoms with Crippen LogP contribution in [0.5, 0.6) is 0 Å². The van der Waals surface area contributed by atoms with Crippen LogP contribution in [0, 0.1) is 5.92 Å². The van der Waals surface area contributed by atoms with Gasteiger partial charge in [0.15, 0.2) is 0 Å². The summed E-state index contributed by atoms with van der Waals surface area (Å²) < 4.78 is 0. The molecular formula is C9H19NO4. The third-order valence-corrected chi connectivity index (χ3v) is 1.18. The van der Waals surface area contributed by atoms with Gasteiger partial charge in [-0.25, -0.2) is 9.59 Å². The van der Waals surface area contributed by atoms with Crippen molar-refractivity contribution in [2.45, 2.75) is 27.2 Å². The minimum atomic E-state index is -1.26. The van der Waals surface area contributed by atoms with Crippen LogP contribution < -0.4 is 6.15 Å². The van der Waals surface area contributed by atoms with Crippen LogP contribution in [-0.2, 0) is 9.59 Å². The molecule has 0 aliphatic heterocycles. The van der Waals surface area contributed by atoms with Gasteiger partial charge in [-0.3, -0.25) is 0 Å². The van der Waals surface area contributed by atoms with E-state index in [2.05, 4.69) is 20.8 Å². The number of hydrogen-bond donors (Lipinski definition) is 3. The van der Waals surface area contributed by atoms with Crippen molar-refractivity contribution in [2.24, 2.45) is 5.92 Å². The van der Waals surface area contributed by atoms with E-state index in [1.165, 1.54) is 6.42 Å². The van der Waals surface area contributed by atoms with Crippen molar-refractivity contribution in [1.82, 2.24) is 6.15 Å². The smallest absolute Gasteiger partial charge is 0.328 e. The lowest BCUT2D eigenvalue weighted by atomic mass is 10.2. The summed E-state index contributed by atoms with van der Waals surface area (Å²) >= 11 is 0. The predicted molar refractivity (Wildman–Crippen MR) is 54.6 cm³/mol. The molecule has 0 fully saturated rings. The highest BCUT2D eigenvalue weighted by atomic mass is 16.4. The molecule has 0 aromatic rings. The lowest BCUT2D eigenvalue weighted by Gasteiger charge is -1.90. The molecule has 0 unspecified atom stereocenters. The number of hydrogen-bond acceptors (Lipinski definition) is 3. The molecule has 14 heavy (non-hydrogen) atoms. The molecule has 0 aliphatic carbocycles. The Balaban J connectivity index is -0.000000177. The molecule has 0 spiro atoms. The van der Waals surface area contributed by atoms with Crippen LogP contribution in [0.3, 0.4) is 0 Å². The fourth-order valence-electron chi connectivity index (χ4n) is 0.143. The zero-order valence-electron chi connectivity index (χ0n) is 8.86. The Morgan fingerprint density at radius 3 is 1.43 bits per heavy atom. The minimum Gasteiger partial charge on any atom is -0.478 e. The average molecular weight is 205 g/mol. The second kappa shape index (κ2) is 11.6. The van der Waals surface area contributed by atoms with Gasteiger partial charge < -0.3 is 16.4 Å². The molecule has 0 aromatic heterocycles. The van der Waals surface area contributed by atoms with Gasteiger partial charge in [-0.15, -0.1) is 0 Å². The molecule has 0 saturated carbocycles. The number of aliphatic carboxylic acids is 2. The Morgan fingerprint density at radius 1 is 1.14 bits per heavy atom. The topological polar surface area (TPSA) is 110 Å². The normalized spacial score (nSPS) is 8.86. The van der Waals surface area contributed by atoms with E-state index in [-0.39, 0.29) is 6.15 Å². The standard InChI is InChI=1S/C5H12.C4H4O4.H3N/c1-4-5(2)3;5-3(6)1-2-4(7)8;/h5H,4H2,1-3H3;1-2H,(H,5,6)(H,7,8);1H3/b;2-1+;. The molecule has 0 amide bonds. The van der Waals surface area contributed by atoms with Crippen LogP contribution in [0.2, 0.25) is 0 Å². The zero-order valence-corrected chi connectivity index (χ0v) is 8.86. The maximum Gasteiger partial charge on any atom is 0.328 e. The fourth-order valence-corrected chi connectivity index (χ4v) is 0.143. The molecular weight excluding hydrogens is 186 g/mol. The first-order valence-corrected chi connectivity index (χ1v) is 4.04. The molecule has 0 heterocycles. The quantitative estimate of drug-likeness (QED) is 0.610. The highest BCUT2D eigenvalue weighted by Crippen LogP contribution is 1.93. The lowest BCUT2D eigenvalue weighted by Crippen LogP contribution is -1.91. The monoisotopic (exact) mass is 205 g/mol. The number of carbonyl (C=O) groups is 2. The summed E-state index contributed by atoms with van der Waals surface area (Å²) in [6.07, 6.45) is 2.42. The molecule has 0 aliphatic rings. The van der Waals surface area contributed by atoms with Crippen LogP contribution in [0.4, 0.5) is 0 Å². The van der Waals surface area contributed by atoms with Crippen LogP contribution in [-0.4, -0.2) is 22.2 Å². The molecule has 0 radical (unpaired) electrons. The van der Waals surface area contributed by atoms with E-state index in [0.717, 1.165) is 5.92 Å². The average Bonchev–Trinajstić information content (AvgIpc) is 2.02. The summed E-state index contributed by atoms with van der Waals surface area (Å²) in [5.74, 6) is -1.63. The van der Waals surface area contributed by atoms with Gasteiger partial charge >= 0.3 is 11.9 Å². The van der Waals surface area contributed by atoms with Gasteiger partial charge in [0.25, 0.3) is 0 Å². The van der Waals surface area contributed by atoms with Gasteiger partial charge in [-0.2, -0.15) is 0 Å². The van der Waals surface area contributed by atoms with Crippen LogP contribution in [0.1, 0.15) is 27.2 Å². The van der Waals surface area contributed by atoms with E-state index in [1.54, 1.807) is 0 Å². The maximum atomic E-state index is 9.55. The SMILES string of the molecule is CCC(C)C.N.O=C(O)/C=C/C(=O)O. The van der Waals surface area contributed by atoms with Gasteiger partial charge in [0, 0.05) is 12.2 Å². The first kappa shape index (κ1) is 18.4. The molecule has 0 bridgehead atoms. The summed E-state index contributed by atoms with van der Waals surface area (Å²) in [4.78, 5) is 19.1. The molecule has 5 nitrogen and oxygen atoms in total. The Bertz CT molecular complexity index is 171. The van der Waals surface area contributed by atoms with Crippen molar-refractivity contribution in [3.05, 3.63) is 12.2 Å². The van der Waals surface area contributed by atoms with Gasteiger partial charge in [0.05, 0.1) is 0 Å². The van der Waals surface area contributed by atoms with Crippen molar-refractivity contribution in [2.75, 3.05) is 0 Å². The Morgan fingerprint density at radius 2 is 1.36 bits per heavy atom. The van der Waals surface area contributed by atoms with Gasteiger partial charge in [-0.05, 0) is 5.92 Å². The largest absolute Gasteiger partial charge is 0.478 e. The third-order valence-electron chi connectivity index (χ3n) is 1.18. The van der Waals surface area contributed by atoms with E-state index >= 15 is 0 Å². The van der Waals surface area contributed by atoms with Crippen LogP contribution in [0.15, 0.2) is 12.2 Å². The van der Waals surface area contributed by atoms with Crippen LogP contribution in [0.25, 0.3) is 0 Å². The molecule has 0 rings (SSSR count). The molecule has 0 atom stereocenters. The number of rotatable bonds is 3. The van der Waals surface area contributed by atoms with E-state index < -0.39 is 11.9 Å². The Kier molecular flexibility index (Phi) is 15.3. The van der Waals surface area contributed by atoms with E-state index in [1.807, 2.05) is 0 Å². The van der Waals surface area contributed by atoms with Crippen molar-refractivity contribution in [3.8, 4) is 0 Å². The Hall–Kier alpha value is -1.36. The summed E-state index contributed by atoms with van der Waals surface area (Å²) in [5, 5.41) is 15.6. The maximum absolute atomic E-state index is 9.55. The highest BCUT2D eigenvalue weighted by molar-refractivity contribution is 5.89. The van der Waals surface area contributed by atoms with Gasteiger partial charge in [0.1, 0.15) is 0 Å². The minimum absolute atomic E-state index is 0. The third kappa shape index (κ3) is 31.1. The molecule has 84 valence electrons. The van der Waals surface area contributed by atoms with Crippen LogP contribution >= 0.6 is 0 Å². The molecule has 0 aromatic carbocycles. The molecule has 5 heteroatoms. The van der Waals surface area contributed by atoms with E-state index in [4.69, 9.17) is 10.2 Å². The summed E-state index contributed by atoms with van der Waals surface area (Å²) in [6.45, 7) is 6.64. The van der Waals surface area contributed by atoms with E-state index in [0.29, 0.717) is 12.2 Å². The van der Waals surface area contributed by atoms with Gasteiger partial charge in [-0.1, -0.05) is 27.2 Å². The molecule has 0 saturated heterocycles. The summed E-state index contributed by atoms with van der Waals surface area (Å²) in [6, 6.07) is 0. The van der Waals surface area contributed by atoms with Crippen molar-refractivity contribution in [1.29, 1.82) is 0 Å². The number of carboxylic acid groups (broad SMARTS) is 2. The first-order valence-electron chi connectivity index (χ1n) is 4.04. The predicted octanol–water partition coefficient (Wildman–Crippen LogP) is 1.93. The lowest BCUT2D eigenvalue weighted by molar-refractivity contribution is -0.134. The Labute approximate surface area is 84.0 Å². The second-order valence-corrected chi connectivity index (χ2v) is 2.81. The summed E-state index contributed by atoms with van der Waals surface area (Å²) in [7, 11) is 0. The van der Waals surface area contributed by atoms with Crippen molar-refractivity contribution >= 4 is 11.9 Å². The van der Waals surface area contributed by atoms with Crippen molar-refractivity contribution < 1.29 is 19.8 Å². The second-order valence-electron chi connectivity index (χ2n) is 2.81. The van der Waals surface area contributed by atoms with Gasteiger partial charge in [0.2, 0.25) is 0 Å². The van der Waals surface area contributed by atoms with E-state index in [9.17, 15) is 9.59 Å². The number of carboxylic acids is 2. The zero-order chi connectivity index (χ0) is 10.9. The van der Waals surface area contributed by atoms with Crippen molar-refractivity contribution in [3.63, 3.8) is 0 Å². The highest BCUT2D eigenvalue weighted by Gasteiger charge is 1.88. The fraction of sp³-hybridized carbons (Fsp3) is 0.556. The summed E-state index contributed by atoms with van der Waals surface area (Å²) in [5.41, 5.74) is 0. The first-order chi connectivity index (χ1) is 5.90. The molecule has 5 N–H and O–H groups in total.